The number of sulfone groups is 1. The molecular weight excluding hydrogens is 384 g/mol. The van der Waals surface area contributed by atoms with Crippen molar-refractivity contribution in [2.75, 3.05) is 0 Å². The minimum atomic E-state index is -3.94. The smallest absolute Gasteiger partial charge is 0.250 e. The lowest BCUT2D eigenvalue weighted by Gasteiger charge is -2.09. The van der Waals surface area contributed by atoms with E-state index in [0.717, 1.165) is 12.1 Å². The molecule has 0 fully saturated rings. The number of carbonyl (C=O) groups is 1. The predicted octanol–water partition coefficient (Wildman–Crippen LogP) is 4.07. The highest BCUT2D eigenvalue weighted by Crippen LogP contribution is 2.25. The lowest BCUT2D eigenvalue weighted by molar-refractivity contribution is 0.0997. The fraction of sp³-hybridized carbons (Fsp3) is 0. The Morgan fingerprint density at radius 2 is 1.61 bits per heavy atom. The molecule has 1 amide bonds. The third-order valence-electron chi connectivity index (χ3n) is 4.03. The average molecular weight is 399 g/mol. The molecule has 3 aromatic carbocycles. The Balaban J connectivity index is 2.03. The Labute approximate surface area is 160 Å². The van der Waals surface area contributed by atoms with Crippen LogP contribution in [-0.2, 0) is 9.84 Å². The number of hydrogen-bond acceptors (Lipinski definition) is 3. The minimum Gasteiger partial charge on any atom is -0.366 e. The molecule has 0 aromatic heterocycles. The van der Waals surface area contributed by atoms with E-state index in [1.54, 1.807) is 18.2 Å². The molecule has 3 aromatic rings. The van der Waals surface area contributed by atoms with Crippen LogP contribution in [0, 0.1) is 11.6 Å². The molecule has 0 atom stereocenters. The summed E-state index contributed by atoms with van der Waals surface area (Å²) in [5.74, 6) is -2.34. The zero-order valence-corrected chi connectivity index (χ0v) is 15.3. The molecule has 0 spiro atoms. The summed E-state index contributed by atoms with van der Waals surface area (Å²) in [6.45, 7) is 0. The molecule has 0 radical (unpaired) electrons. The second-order valence-electron chi connectivity index (χ2n) is 5.94. The van der Waals surface area contributed by atoms with Crippen LogP contribution in [0.3, 0.4) is 0 Å². The Morgan fingerprint density at radius 1 is 0.893 bits per heavy atom. The first-order valence-corrected chi connectivity index (χ1v) is 9.64. The van der Waals surface area contributed by atoms with Crippen LogP contribution >= 0.6 is 0 Å². The molecule has 7 heteroatoms. The standard InChI is InChI=1S/C21H15F2NO3S/c22-16-10-9-15(19(23)13-16)8-6-14-7-11-20(18(12-14)21(24)25)28(26,27)17-4-2-1-3-5-17/h1-13H,(H2,24,25)/b8-6+. The van der Waals surface area contributed by atoms with Crippen molar-refractivity contribution in [3.8, 4) is 0 Å². The molecular formula is C21H15F2NO3S. The van der Waals surface area contributed by atoms with Crippen molar-refractivity contribution < 1.29 is 22.0 Å². The summed E-state index contributed by atoms with van der Waals surface area (Å²) in [4.78, 5) is 11.7. The first-order chi connectivity index (χ1) is 13.3. The fourth-order valence-corrected chi connectivity index (χ4v) is 4.09. The number of rotatable bonds is 5. The van der Waals surface area contributed by atoms with Gasteiger partial charge in [-0.15, -0.1) is 0 Å². The lowest BCUT2D eigenvalue weighted by atomic mass is 10.1. The Kier molecular flexibility index (Phi) is 5.37. The first-order valence-electron chi connectivity index (χ1n) is 8.16. The molecule has 4 nitrogen and oxygen atoms in total. The molecule has 0 aliphatic carbocycles. The van der Waals surface area contributed by atoms with E-state index in [1.807, 2.05) is 0 Å². The van der Waals surface area contributed by atoms with Crippen LogP contribution in [0.1, 0.15) is 21.5 Å². The molecule has 2 N–H and O–H groups in total. The number of nitrogens with two attached hydrogens (primary N) is 1. The van der Waals surface area contributed by atoms with Crippen molar-refractivity contribution in [3.05, 3.63) is 95.1 Å². The largest absolute Gasteiger partial charge is 0.366 e. The van der Waals surface area contributed by atoms with Gasteiger partial charge in [0.05, 0.1) is 15.4 Å². The molecule has 142 valence electrons. The molecule has 28 heavy (non-hydrogen) atoms. The SMILES string of the molecule is NC(=O)c1cc(/C=C/c2ccc(F)cc2F)ccc1S(=O)(=O)c1ccccc1. The van der Waals surface area contributed by atoms with Gasteiger partial charge in [-0.2, -0.15) is 0 Å². The van der Waals surface area contributed by atoms with Crippen molar-refractivity contribution >= 4 is 27.9 Å². The van der Waals surface area contributed by atoms with E-state index < -0.39 is 27.4 Å². The van der Waals surface area contributed by atoms with Gasteiger partial charge in [0.25, 0.3) is 0 Å². The Hall–Kier alpha value is -3.32. The summed E-state index contributed by atoms with van der Waals surface area (Å²) >= 11 is 0. The number of primary amides is 1. The van der Waals surface area contributed by atoms with Gasteiger partial charge in [-0.05, 0) is 42.0 Å². The summed E-state index contributed by atoms with van der Waals surface area (Å²) in [6.07, 6.45) is 2.86. The molecule has 0 aliphatic rings. The van der Waals surface area contributed by atoms with Gasteiger partial charge in [-0.25, -0.2) is 17.2 Å². The van der Waals surface area contributed by atoms with E-state index in [1.165, 1.54) is 48.6 Å². The highest BCUT2D eigenvalue weighted by atomic mass is 32.2. The lowest BCUT2D eigenvalue weighted by Crippen LogP contribution is -2.16. The van der Waals surface area contributed by atoms with Crippen molar-refractivity contribution in [1.82, 2.24) is 0 Å². The van der Waals surface area contributed by atoms with Crippen LogP contribution in [0.15, 0.2) is 76.5 Å². The molecule has 0 unspecified atom stereocenters. The van der Waals surface area contributed by atoms with E-state index in [9.17, 15) is 22.0 Å². The summed E-state index contributed by atoms with van der Waals surface area (Å²) in [5, 5.41) is 0. The van der Waals surface area contributed by atoms with Gasteiger partial charge in [-0.1, -0.05) is 36.4 Å². The molecule has 3 rings (SSSR count). The predicted molar refractivity (Wildman–Crippen MR) is 102 cm³/mol. The van der Waals surface area contributed by atoms with Gasteiger partial charge in [0, 0.05) is 11.6 Å². The average Bonchev–Trinajstić information content (AvgIpc) is 2.67. The van der Waals surface area contributed by atoms with Crippen molar-refractivity contribution in [3.63, 3.8) is 0 Å². The second-order valence-corrected chi connectivity index (χ2v) is 7.85. The summed E-state index contributed by atoms with van der Waals surface area (Å²) in [6, 6.07) is 14.9. The highest BCUT2D eigenvalue weighted by molar-refractivity contribution is 7.91. The molecule has 0 saturated heterocycles. The van der Waals surface area contributed by atoms with Crippen molar-refractivity contribution in [2.24, 2.45) is 5.73 Å². The van der Waals surface area contributed by atoms with E-state index in [2.05, 4.69) is 0 Å². The van der Waals surface area contributed by atoms with E-state index >= 15 is 0 Å². The van der Waals surface area contributed by atoms with E-state index in [-0.39, 0.29) is 20.9 Å². The molecule has 0 aliphatic heterocycles. The fourth-order valence-electron chi connectivity index (χ4n) is 2.63. The third kappa shape index (κ3) is 3.99. The third-order valence-corrected chi connectivity index (χ3v) is 5.86. The van der Waals surface area contributed by atoms with Crippen LogP contribution < -0.4 is 5.73 Å². The van der Waals surface area contributed by atoms with Crippen molar-refractivity contribution in [2.45, 2.75) is 9.79 Å². The van der Waals surface area contributed by atoms with Gasteiger partial charge in [0.2, 0.25) is 15.7 Å². The zero-order chi connectivity index (χ0) is 20.3. The van der Waals surface area contributed by atoms with E-state index in [0.29, 0.717) is 5.56 Å². The second kappa shape index (κ2) is 7.74. The maximum Gasteiger partial charge on any atom is 0.250 e. The van der Waals surface area contributed by atoms with Gasteiger partial charge >= 0.3 is 0 Å². The normalized spacial score (nSPS) is 11.6. The van der Waals surface area contributed by atoms with Gasteiger partial charge in [-0.3, -0.25) is 4.79 Å². The molecule has 0 heterocycles. The zero-order valence-electron chi connectivity index (χ0n) is 14.5. The number of benzene rings is 3. The molecule has 0 bridgehead atoms. The van der Waals surface area contributed by atoms with Crippen LogP contribution in [0.25, 0.3) is 12.2 Å². The van der Waals surface area contributed by atoms with Gasteiger partial charge < -0.3 is 5.73 Å². The maximum absolute atomic E-state index is 13.7. The topological polar surface area (TPSA) is 77.2 Å². The van der Waals surface area contributed by atoms with Crippen LogP contribution in [-0.4, -0.2) is 14.3 Å². The van der Waals surface area contributed by atoms with Gasteiger partial charge in [0.15, 0.2) is 0 Å². The maximum atomic E-state index is 13.7. The van der Waals surface area contributed by atoms with Crippen LogP contribution in [0.5, 0.6) is 0 Å². The van der Waals surface area contributed by atoms with E-state index in [4.69, 9.17) is 5.73 Å². The Morgan fingerprint density at radius 3 is 2.25 bits per heavy atom. The highest BCUT2D eigenvalue weighted by Gasteiger charge is 2.23. The summed E-state index contributed by atoms with van der Waals surface area (Å²) < 4.78 is 52.3. The monoisotopic (exact) mass is 399 g/mol. The summed E-state index contributed by atoms with van der Waals surface area (Å²) in [5.41, 5.74) is 5.78. The quantitative estimate of drug-likeness (QED) is 0.657. The number of halogens is 2. The number of carbonyl (C=O) groups excluding carboxylic acids is 1. The van der Waals surface area contributed by atoms with Crippen LogP contribution in [0.4, 0.5) is 8.78 Å². The number of hydrogen-bond donors (Lipinski definition) is 1. The van der Waals surface area contributed by atoms with Crippen molar-refractivity contribution in [1.29, 1.82) is 0 Å². The minimum absolute atomic E-state index is 0.0363. The summed E-state index contributed by atoms with van der Waals surface area (Å²) in [7, 11) is -3.94. The molecule has 0 saturated carbocycles. The van der Waals surface area contributed by atoms with Gasteiger partial charge in [0.1, 0.15) is 11.6 Å². The van der Waals surface area contributed by atoms with Crippen LogP contribution in [0.2, 0.25) is 0 Å². The Bertz CT molecular complexity index is 1170. The number of amides is 1. The first kappa shape index (κ1) is 19.4.